The Kier molecular flexibility index (Phi) is 4.24. The fraction of sp³-hybridized carbons (Fsp3) is 0.667. The van der Waals surface area contributed by atoms with E-state index in [1.54, 1.807) is 6.92 Å². The van der Waals surface area contributed by atoms with Crippen molar-refractivity contribution in [2.75, 3.05) is 20.2 Å². The van der Waals surface area contributed by atoms with Crippen LogP contribution < -0.4 is 5.73 Å². The lowest BCUT2D eigenvalue weighted by atomic mass is 9.98. The molecule has 1 aromatic rings. The van der Waals surface area contributed by atoms with E-state index >= 15 is 0 Å². The normalized spacial score (nSPS) is 28.0. The van der Waals surface area contributed by atoms with Gasteiger partial charge in [0.2, 0.25) is 15.8 Å². The number of carbonyl (C=O) groups is 1. The highest BCUT2D eigenvalue weighted by molar-refractivity contribution is 7.89. The molecule has 1 aliphatic heterocycles. The Morgan fingerprint density at radius 1 is 1.43 bits per heavy atom. The summed E-state index contributed by atoms with van der Waals surface area (Å²) in [6.07, 6.45) is 2.31. The van der Waals surface area contributed by atoms with Crippen LogP contribution in [0.25, 0.3) is 0 Å². The molecule has 1 aromatic heterocycles. The quantitative estimate of drug-likeness (QED) is 0.819. The molecule has 1 saturated heterocycles. The van der Waals surface area contributed by atoms with Crippen molar-refractivity contribution in [3.63, 3.8) is 0 Å². The molecule has 3 unspecified atom stereocenters. The standard InChI is InChI=1S/C15H22N2O5S/c1-3-12-14(6-13(22-12)15(18)21-2)23(19,20)17-7-9-4-5-11(16)10(9)8-17/h6,9-11H,3-5,7-8,16H2,1-2H3. The van der Waals surface area contributed by atoms with Gasteiger partial charge in [-0.15, -0.1) is 0 Å². The second-order valence-corrected chi connectivity index (χ2v) is 8.14. The third kappa shape index (κ3) is 2.68. The number of hydrogen-bond acceptors (Lipinski definition) is 6. The number of ether oxygens (including phenoxy) is 1. The maximum absolute atomic E-state index is 12.9. The Hall–Kier alpha value is -1.38. The smallest absolute Gasteiger partial charge is 0.373 e. The number of aryl methyl sites for hydroxylation is 1. The first-order valence-corrected chi connectivity index (χ1v) is 9.29. The Morgan fingerprint density at radius 2 is 2.17 bits per heavy atom. The molecule has 0 amide bonds. The SMILES string of the molecule is CCc1oc(C(=O)OC)cc1S(=O)(=O)N1CC2CCC(N)C2C1. The van der Waals surface area contributed by atoms with Gasteiger partial charge in [0.1, 0.15) is 10.7 Å². The van der Waals surface area contributed by atoms with Crippen LogP contribution in [0.1, 0.15) is 36.1 Å². The largest absolute Gasteiger partial charge is 0.463 e. The van der Waals surface area contributed by atoms with Crippen molar-refractivity contribution in [3.05, 3.63) is 17.6 Å². The highest BCUT2D eigenvalue weighted by Gasteiger charge is 2.46. The summed E-state index contributed by atoms with van der Waals surface area (Å²) in [6, 6.07) is 1.34. The number of esters is 1. The predicted molar refractivity (Wildman–Crippen MR) is 82.4 cm³/mol. The number of rotatable bonds is 4. The minimum atomic E-state index is -3.69. The molecule has 2 aliphatic rings. The Morgan fingerprint density at radius 3 is 2.78 bits per heavy atom. The van der Waals surface area contributed by atoms with Crippen LogP contribution in [0.5, 0.6) is 0 Å². The van der Waals surface area contributed by atoms with Crippen molar-refractivity contribution >= 4 is 16.0 Å². The number of fused-ring (bicyclic) bond motifs is 1. The molecule has 0 radical (unpaired) electrons. The van der Waals surface area contributed by atoms with Gasteiger partial charge in [-0.05, 0) is 24.7 Å². The van der Waals surface area contributed by atoms with Crippen LogP contribution in [0.3, 0.4) is 0 Å². The second kappa shape index (κ2) is 5.92. The molecule has 2 N–H and O–H groups in total. The molecule has 2 heterocycles. The molecule has 128 valence electrons. The van der Waals surface area contributed by atoms with Gasteiger partial charge in [0, 0.05) is 31.6 Å². The summed E-state index contributed by atoms with van der Waals surface area (Å²) in [5.41, 5.74) is 6.08. The molecule has 0 aromatic carbocycles. The molecule has 0 bridgehead atoms. The van der Waals surface area contributed by atoms with E-state index in [9.17, 15) is 13.2 Å². The van der Waals surface area contributed by atoms with Crippen molar-refractivity contribution in [1.29, 1.82) is 0 Å². The summed E-state index contributed by atoms with van der Waals surface area (Å²) < 4.78 is 37.4. The molecule has 2 fully saturated rings. The summed E-state index contributed by atoms with van der Waals surface area (Å²) in [7, 11) is -2.46. The molecular weight excluding hydrogens is 320 g/mol. The molecule has 0 spiro atoms. The third-order valence-electron chi connectivity index (χ3n) is 4.97. The molecular formula is C15H22N2O5S. The van der Waals surface area contributed by atoms with E-state index in [0.717, 1.165) is 12.8 Å². The number of hydrogen-bond donors (Lipinski definition) is 1. The van der Waals surface area contributed by atoms with Gasteiger partial charge in [-0.3, -0.25) is 0 Å². The zero-order chi connectivity index (χ0) is 16.8. The third-order valence-corrected chi connectivity index (χ3v) is 6.85. The van der Waals surface area contributed by atoms with Crippen LogP contribution in [0, 0.1) is 11.8 Å². The average molecular weight is 342 g/mol. The Balaban J connectivity index is 1.91. The molecule has 3 rings (SSSR count). The maximum atomic E-state index is 12.9. The van der Waals surface area contributed by atoms with Gasteiger partial charge in [0.05, 0.1) is 7.11 Å². The molecule has 1 aliphatic carbocycles. The summed E-state index contributed by atoms with van der Waals surface area (Å²) in [4.78, 5) is 11.7. The van der Waals surface area contributed by atoms with Gasteiger partial charge >= 0.3 is 5.97 Å². The fourth-order valence-electron chi connectivity index (χ4n) is 3.68. The van der Waals surface area contributed by atoms with Gasteiger partial charge in [-0.25, -0.2) is 13.2 Å². The van der Waals surface area contributed by atoms with Crippen molar-refractivity contribution in [1.82, 2.24) is 4.31 Å². The van der Waals surface area contributed by atoms with Crippen molar-refractivity contribution < 1.29 is 22.4 Å². The van der Waals surface area contributed by atoms with Gasteiger partial charge in [-0.2, -0.15) is 4.31 Å². The zero-order valence-corrected chi connectivity index (χ0v) is 14.1. The van der Waals surface area contributed by atoms with Crippen LogP contribution in [-0.2, 0) is 21.2 Å². The van der Waals surface area contributed by atoms with Crippen molar-refractivity contribution in [3.8, 4) is 0 Å². The molecule has 8 heteroatoms. The van der Waals surface area contributed by atoms with E-state index < -0.39 is 16.0 Å². The molecule has 23 heavy (non-hydrogen) atoms. The first-order chi connectivity index (χ1) is 10.9. The lowest BCUT2D eigenvalue weighted by Crippen LogP contribution is -2.33. The fourth-order valence-corrected chi connectivity index (χ4v) is 5.44. The van der Waals surface area contributed by atoms with Crippen molar-refractivity contribution in [2.45, 2.75) is 37.1 Å². The first kappa shape index (κ1) is 16.5. The van der Waals surface area contributed by atoms with Crippen LogP contribution in [0.2, 0.25) is 0 Å². The minimum absolute atomic E-state index is 0.0638. The Labute approximate surface area is 135 Å². The lowest BCUT2D eigenvalue weighted by Gasteiger charge is -2.18. The van der Waals surface area contributed by atoms with E-state index in [4.69, 9.17) is 10.2 Å². The number of furan rings is 1. The van der Waals surface area contributed by atoms with E-state index in [0.29, 0.717) is 25.4 Å². The van der Waals surface area contributed by atoms with Gasteiger partial charge in [0.15, 0.2) is 0 Å². The highest BCUT2D eigenvalue weighted by atomic mass is 32.2. The number of nitrogens with zero attached hydrogens (tertiary/aromatic N) is 1. The highest BCUT2D eigenvalue weighted by Crippen LogP contribution is 2.40. The number of sulfonamides is 1. The number of carbonyl (C=O) groups excluding carboxylic acids is 1. The van der Waals surface area contributed by atoms with Crippen LogP contribution in [-0.4, -0.2) is 44.9 Å². The summed E-state index contributed by atoms with van der Waals surface area (Å²) in [5.74, 6) is 0.0749. The zero-order valence-electron chi connectivity index (χ0n) is 13.3. The van der Waals surface area contributed by atoms with Gasteiger partial charge in [-0.1, -0.05) is 6.92 Å². The van der Waals surface area contributed by atoms with E-state index in [-0.39, 0.29) is 28.4 Å². The van der Waals surface area contributed by atoms with Crippen LogP contribution >= 0.6 is 0 Å². The summed E-state index contributed by atoms with van der Waals surface area (Å²) >= 11 is 0. The summed E-state index contributed by atoms with van der Waals surface area (Å²) in [6.45, 7) is 2.71. The predicted octanol–water partition coefficient (Wildman–Crippen LogP) is 0.986. The number of methoxy groups -OCH3 is 1. The number of nitrogens with two attached hydrogens (primary N) is 1. The van der Waals surface area contributed by atoms with Crippen LogP contribution in [0.4, 0.5) is 0 Å². The molecule has 3 atom stereocenters. The van der Waals surface area contributed by atoms with E-state index in [2.05, 4.69) is 4.74 Å². The lowest BCUT2D eigenvalue weighted by molar-refractivity contribution is 0.0563. The average Bonchev–Trinajstić information content (AvgIpc) is 3.22. The Bertz CT molecular complexity index is 711. The van der Waals surface area contributed by atoms with Crippen LogP contribution in [0.15, 0.2) is 15.4 Å². The van der Waals surface area contributed by atoms with Gasteiger partial charge < -0.3 is 14.9 Å². The molecule has 1 saturated carbocycles. The second-order valence-electron chi connectivity index (χ2n) is 6.23. The molecule has 7 nitrogen and oxygen atoms in total. The van der Waals surface area contributed by atoms with Crippen molar-refractivity contribution in [2.24, 2.45) is 17.6 Å². The topological polar surface area (TPSA) is 103 Å². The summed E-state index contributed by atoms with van der Waals surface area (Å²) in [5, 5.41) is 0. The maximum Gasteiger partial charge on any atom is 0.373 e. The van der Waals surface area contributed by atoms with E-state index in [1.807, 2.05) is 0 Å². The monoisotopic (exact) mass is 342 g/mol. The minimum Gasteiger partial charge on any atom is -0.463 e. The van der Waals surface area contributed by atoms with Gasteiger partial charge in [0.25, 0.3) is 0 Å². The first-order valence-electron chi connectivity index (χ1n) is 7.85. The van der Waals surface area contributed by atoms with E-state index in [1.165, 1.54) is 17.5 Å².